The Balaban J connectivity index is 1.58. The van der Waals surface area contributed by atoms with E-state index in [2.05, 4.69) is 29.5 Å². The van der Waals surface area contributed by atoms with Gasteiger partial charge in [-0.2, -0.15) is 0 Å². The van der Waals surface area contributed by atoms with E-state index in [1.165, 1.54) is 5.56 Å². The summed E-state index contributed by atoms with van der Waals surface area (Å²) in [6.45, 7) is 4.85. The Kier molecular flexibility index (Phi) is 5.14. The molecule has 25 heavy (non-hydrogen) atoms. The zero-order valence-corrected chi connectivity index (χ0v) is 14.3. The van der Waals surface area contributed by atoms with E-state index in [0.29, 0.717) is 18.2 Å². The molecule has 3 aromatic rings. The van der Waals surface area contributed by atoms with Crippen molar-refractivity contribution >= 4 is 17.3 Å². The zero-order chi connectivity index (χ0) is 17.6. The minimum absolute atomic E-state index is 0.227. The van der Waals surface area contributed by atoms with Crippen molar-refractivity contribution < 1.29 is 9.21 Å². The molecule has 2 N–H and O–H groups in total. The number of nitrogens with one attached hydrogen (secondary N) is 2. The number of aromatic nitrogens is 1. The molecular weight excluding hydrogens is 314 g/mol. The number of nitrogens with zero attached hydrogens (tertiary/aromatic N) is 1. The maximum Gasteiger partial charge on any atom is 0.274 e. The predicted octanol–water partition coefficient (Wildman–Crippen LogP) is 4.66. The molecule has 2 heterocycles. The summed E-state index contributed by atoms with van der Waals surface area (Å²) in [5.41, 5.74) is 3.20. The van der Waals surface area contributed by atoms with Gasteiger partial charge in [0.15, 0.2) is 0 Å². The summed E-state index contributed by atoms with van der Waals surface area (Å²) in [7, 11) is 0. The molecule has 0 spiro atoms. The molecule has 0 saturated carbocycles. The quantitative estimate of drug-likeness (QED) is 0.687. The van der Waals surface area contributed by atoms with E-state index >= 15 is 0 Å². The third-order valence-corrected chi connectivity index (χ3v) is 3.88. The summed E-state index contributed by atoms with van der Waals surface area (Å²) < 4.78 is 5.26. The molecule has 0 aliphatic rings. The molecule has 1 amide bonds. The maximum atomic E-state index is 12.3. The Bertz CT molecular complexity index is 807. The van der Waals surface area contributed by atoms with Crippen LogP contribution in [-0.2, 0) is 6.54 Å². The predicted molar refractivity (Wildman–Crippen MR) is 98.8 cm³/mol. The summed E-state index contributed by atoms with van der Waals surface area (Å²) >= 11 is 0. The summed E-state index contributed by atoms with van der Waals surface area (Å²) in [4.78, 5) is 16.5. The van der Waals surface area contributed by atoms with E-state index in [-0.39, 0.29) is 5.91 Å². The van der Waals surface area contributed by atoms with Crippen molar-refractivity contribution in [3.8, 4) is 0 Å². The van der Waals surface area contributed by atoms with Crippen molar-refractivity contribution in [1.82, 2.24) is 4.98 Å². The number of pyridine rings is 1. The molecule has 0 saturated heterocycles. The highest BCUT2D eigenvalue weighted by atomic mass is 16.3. The van der Waals surface area contributed by atoms with E-state index in [9.17, 15) is 4.79 Å². The largest absolute Gasteiger partial charge is 0.467 e. The van der Waals surface area contributed by atoms with Crippen LogP contribution in [0, 0.1) is 0 Å². The maximum absolute atomic E-state index is 12.3. The number of hydrogen-bond acceptors (Lipinski definition) is 4. The normalized spacial score (nSPS) is 10.7. The number of anilines is 2. The highest BCUT2D eigenvalue weighted by Crippen LogP contribution is 2.18. The number of hydrogen-bond donors (Lipinski definition) is 2. The van der Waals surface area contributed by atoms with Crippen LogP contribution in [0.25, 0.3) is 0 Å². The fourth-order valence-electron chi connectivity index (χ4n) is 2.38. The van der Waals surface area contributed by atoms with Crippen molar-refractivity contribution in [3.05, 3.63) is 78.0 Å². The van der Waals surface area contributed by atoms with Crippen LogP contribution in [0.5, 0.6) is 0 Å². The van der Waals surface area contributed by atoms with Crippen LogP contribution in [0.4, 0.5) is 11.4 Å². The van der Waals surface area contributed by atoms with E-state index in [0.717, 1.165) is 17.1 Å². The molecule has 0 aliphatic heterocycles. The monoisotopic (exact) mass is 335 g/mol. The molecule has 1 aromatic carbocycles. The van der Waals surface area contributed by atoms with Crippen LogP contribution in [0.2, 0.25) is 0 Å². The second-order valence-electron chi connectivity index (χ2n) is 6.10. The third-order valence-electron chi connectivity index (χ3n) is 3.88. The van der Waals surface area contributed by atoms with Gasteiger partial charge < -0.3 is 15.1 Å². The second-order valence-corrected chi connectivity index (χ2v) is 6.10. The van der Waals surface area contributed by atoms with E-state index < -0.39 is 0 Å². The van der Waals surface area contributed by atoms with Crippen LogP contribution in [-0.4, -0.2) is 10.9 Å². The van der Waals surface area contributed by atoms with Crippen LogP contribution in [0.3, 0.4) is 0 Å². The molecule has 0 aliphatic carbocycles. The standard InChI is InChI=1S/C20H21N3O2/c1-14(2)15-5-7-16(8-6-15)23-20(24)19-10-9-17(12-22-19)21-13-18-4-3-11-25-18/h3-12,14,21H,13H2,1-2H3,(H,23,24). The van der Waals surface area contributed by atoms with Gasteiger partial charge in [-0.15, -0.1) is 0 Å². The van der Waals surface area contributed by atoms with E-state index in [1.54, 1.807) is 18.5 Å². The van der Waals surface area contributed by atoms with Gasteiger partial charge in [-0.3, -0.25) is 4.79 Å². The first kappa shape index (κ1) is 16.8. The van der Waals surface area contributed by atoms with Crippen molar-refractivity contribution in [2.24, 2.45) is 0 Å². The highest BCUT2D eigenvalue weighted by Gasteiger charge is 2.08. The Hall–Kier alpha value is -3.08. The lowest BCUT2D eigenvalue weighted by atomic mass is 10.0. The average molecular weight is 335 g/mol. The van der Waals surface area contributed by atoms with Gasteiger partial charge >= 0.3 is 0 Å². The van der Waals surface area contributed by atoms with Gasteiger partial charge in [0.1, 0.15) is 11.5 Å². The number of benzene rings is 1. The zero-order valence-electron chi connectivity index (χ0n) is 14.3. The average Bonchev–Trinajstić information content (AvgIpc) is 3.14. The summed E-state index contributed by atoms with van der Waals surface area (Å²) in [5.74, 6) is 1.08. The smallest absolute Gasteiger partial charge is 0.274 e. The first-order valence-electron chi connectivity index (χ1n) is 8.25. The highest BCUT2D eigenvalue weighted by molar-refractivity contribution is 6.02. The summed E-state index contributed by atoms with van der Waals surface area (Å²) in [6.07, 6.45) is 3.27. The molecular formula is C20H21N3O2. The molecule has 128 valence electrons. The van der Waals surface area contributed by atoms with Crippen LogP contribution >= 0.6 is 0 Å². The van der Waals surface area contributed by atoms with Gasteiger partial charge in [-0.1, -0.05) is 26.0 Å². The number of rotatable bonds is 6. The summed E-state index contributed by atoms with van der Waals surface area (Å²) in [5, 5.41) is 6.05. The van der Waals surface area contributed by atoms with Gasteiger partial charge in [-0.05, 0) is 47.9 Å². The molecule has 5 nitrogen and oxygen atoms in total. The lowest BCUT2D eigenvalue weighted by Crippen LogP contribution is -2.13. The van der Waals surface area contributed by atoms with Crippen LogP contribution < -0.4 is 10.6 Å². The fraction of sp³-hybridized carbons (Fsp3) is 0.200. The minimum atomic E-state index is -0.227. The molecule has 3 rings (SSSR count). The molecule has 0 atom stereocenters. The lowest BCUT2D eigenvalue weighted by molar-refractivity contribution is 0.102. The Labute approximate surface area is 147 Å². The van der Waals surface area contributed by atoms with Crippen molar-refractivity contribution in [3.63, 3.8) is 0 Å². The summed E-state index contributed by atoms with van der Waals surface area (Å²) in [6, 6.07) is 15.1. The van der Waals surface area contributed by atoms with Gasteiger partial charge in [0.25, 0.3) is 5.91 Å². The fourth-order valence-corrected chi connectivity index (χ4v) is 2.38. The van der Waals surface area contributed by atoms with Crippen molar-refractivity contribution in [2.75, 3.05) is 10.6 Å². The Morgan fingerprint density at radius 2 is 1.84 bits per heavy atom. The Morgan fingerprint density at radius 3 is 2.44 bits per heavy atom. The molecule has 0 unspecified atom stereocenters. The first-order chi connectivity index (χ1) is 12.1. The number of carbonyl (C=O) groups excluding carboxylic acids is 1. The molecule has 0 radical (unpaired) electrons. The van der Waals surface area contributed by atoms with Gasteiger partial charge in [0.05, 0.1) is 24.7 Å². The topological polar surface area (TPSA) is 67.2 Å². The number of carbonyl (C=O) groups is 1. The first-order valence-corrected chi connectivity index (χ1v) is 8.25. The van der Waals surface area contributed by atoms with Crippen molar-refractivity contribution in [2.45, 2.75) is 26.3 Å². The van der Waals surface area contributed by atoms with Gasteiger partial charge in [0.2, 0.25) is 0 Å². The van der Waals surface area contributed by atoms with Gasteiger partial charge in [0, 0.05) is 5.69 Å². The SMILES string of the molecule is CC(C)c1ccc(NC(=O)c2ccc(NCc3ccco3)cn2)cc1. The minimum Gasteiger partial charge on any atom is -0.467 e. The molecule has 2 aromatic heterocycles. The van der Waals surface area contributed by atoms with E-state index in [1.807, 2.05) is 42.5 Å². The van der Waals surface area contributed by atoms with Crippen LogP contribution in [0.15, 0.2) is 65.4 Å². The third kappa shape index (κ3) is 4.47. The molecule has 0 bridgehead atoms. The van der Waals surface area contributed by atoms with Gasteiger partial charge in [-0.25, -0.2) is 4.98 Å². The second kappa shape index (κ2) is 7.66. The number of amides is 1. The Morgan fingerprint density at radius 1 is 1.08 bits per heavy atom. The number of furan rings is 1. The van der Waals surface area contributed by atoms with Crippen LogP contribution in [0.1, 0.15) is 41.6 Å². The molecule has 0 fully saturated rings. The lowest BCUT2D eigenvalue weighted by Gasteiger charge is -2.09. The van der Waals surface area contributed by atoms with E-state index in [4.69, 9.17) is 4.42 Å². The molecule has 5 heteroatoms. The van der Waals surface area contributed by atoms with Crippen molar-refractivity contribution in [1.29, 1.82) is 0 Å².